The third kappa shape index (κ3) is 3.00. The first-order chi connectivity index (χ1) is 12.1. The highest BCUT2D eigenvalue weighted by Gasteiger charge is 2.39. The average molecular weight is 342 g/mol. The first kappa shape index (κ1) is 16.4. The standard InChI is InChI=1S/C20H26N2O3/c1-14-10-11-22(18-5-3-2-4-17(14)18)19(23)15-6-8-16(9-7-15)21-12-13-25-20(21)24/h6-9,14,17-18H,2-5,10-13H2,1H3. The van der Waals surface area contributed by atoms with Gasteiger partial charge in [-0.3, -0.25) is 9.69 Å². The van der Waals surface area contributed by atoms with E-state index in [0.29, 0.717) is 25.1 Å². The molecule has 3 unspecified atom stereocenters. The predicted octanol–water partition coefficient (Wildman–Crippen LogP) is 3.68. The Hall–Kier alpha value is -2.04. The summed E-state index contributed by atoms with van der Waals surface area (Å²) in [4.78, 5) is 28.5. The Balaban J connectivity index is 1.51. The molecule has 0 N–H and O–H groups in total. The van der Waals surface area contributed by atoms with Gasteiger partial charge in [0.2, 0.25) is 0 Å². The molecule has 25 heavy (non-hydrogen) atoms. The van der Waals surface area contributed by atoms with E-state index in [2.05, 4.69) is 11.8 Å². The van der Waals surface area contributed by atoms with Crippen LogP contribution in [0.5, 0.6) is 0 Å². The van der Waals surface area contributed by atoms with Crippen LogP contribution in [-0.4, -0.2) is 42.6 Å². The van der Waals surface area contributed by atoms with Crippen LogP contribution in [-0.2, 0) is 4.74 Å². The van der Waals surface area contributed by atoms with Crippen molar-refractivity contribution in [3.8, 4) is 0 Å². The maximum Gasteiger partial charge on any atom is 0.414 e. The van der Waals surface area contributed by atoms with Crippen LogP contribution < -0.4 is 4.90 Å². The van der Waals surface area contributed by atoms with Crippen molar-refractivity contribution >= 4 is 17.7 Å². The van der Waals surface area contributed by atoms with Crippen LogP contribution in [0.15, 0.2) is 24.3 Å². The summed E-state index contributed by atoms with van der Waals surface area (Å²) in [7, 11) is 0. The summed E-state index contributed by atoms with van der Waals surface area (Å²) in [6, 6.07) is 7.80. The van der Waals surface area contributed by atoms with E-state index in [1.165, 1.54) is 19.3 Å². The molecule has 1 aliphatic carbocycles. The Kier molecular flexibility index (Phi) is 4.40. The van der Waals surface area contributed by atoms with Crippen LogP contribution in [0.25, 0.3) is 0 Å². The number of likely N-dealkylation sites (tertiary alicyclic amines) is 1. The first-order valence-corrected chi connectivity index (χ1v) is 9.50. The lowest BCUT2D eigenvalue weighted by Crippen LogP contribution is -2.52. The zero-order chi connectivity index (χ0) is 17.4. The quantitative estimate of drug-likeness (QED) is 0.824. The molecule has 2 amide bonds. The highest BCUT2D eigenvalue weighted by Crippen LogP contribution is 2.39. The Morgan fingerprint density at radius 2 is 1.84 bits per heavy atom. The summed E-state index contributed by atoms with van der Waals surface area (Å²) in [6.07, 6.45) is 5.71. The minimum absolute atomic E-state index is 0.138. The van der Waals surface area contributed by atoms with Gasteiger partial charge in [0.05, 0.1) is 6.54 Å². The van der Waals surface area contributed by atoms with Crippen molar-refractivity contribution in [2.24, 2.45) is 11.8 Å². The molecule has 5 heteroatoms. The summed E-state index contributed by atoms with van der Waals surface area (Å²) in [5.41, 5.74) is 1.51. The van der Waals surface area contributed by atoms with Crippen molar-refractivity contribution in [2.75, 3.05) is 24.6 Å². The third-order valence-corrected chi connectivity index (χ3v) is 6.19. The Morgan fingerprint density at radius 3 is 2.56 bits per heavy atom. The van der Waals surface area contributed by atoms with Gasteiger partial charge in [-0.05, 0) is 55.4 Å². The molecule has 0 bridgehead atoms. The smallest absolute Gasteiger partial charge is 0.414 e. The van der Waals surface area contributed by atoms with Crippen molar-refractivity contribution in [3.05, 3.63) is 29.8 Å². The number of cyclic esters (lactones) is 1. The molecule has 2 heterocycles. The highest BCUT2D eigenvalue weighted by atomic mass is 16.6. The number of carbonyl (C=O) groups excluding carboxylic acids is 2. The van der Waals surface area contributed by atoms with E-state index in [1.54, 1.807) is 4.90 Å². The van der Waals surface area contributed by atoms with E-state index in [0.717, 1.165) is 36.6 Å². The maximum absolute atomic E-state index is 13.1. The van der Waals surface area contributed by atoms with Gasteiger partial charge in [0.1, 0.15) is 6.61 Å². The largest absolute Gasteiger partial charge is 0.447 e. The number of hydrogen-bond acceptors (Lipinski definition) is 3. The molecule has 3 fully saturated rings. The predicted molar refractivity (Wildman–Crippen MR) is 95.7 cm³/mol. The molecule has 0 spiro atoms. The molecule has 0 radical (unpaired) electrons. The van der Waals surface area contributed by atoms with E-state index >= 15 is 0 Å². The molecule has 0 aromatic heterocycles. The number of hydrogen-bond donors (Lipinski definition) is 0. The average Bonchev–Trinajstić information content (AvgIpc) is 3.08. The molecule has 2 aliphatic heterocycles. The van der Waals surface area contributed by atoms with Gasteiger partial charge in [-0.1, -0.05) is 19.8 Å². The van der Waals surface area contributed by atoms with E-state index in [1.807, 2.05) is 24.3 Å². The van der Waals surface area contributed by atoms with Gasteiger partial charge in [-0.25, -0.2) is 4.79 Å². The van der Waals surface area contributed by atoms with Gasteiger partial charge in [-0.2, -0.15) is 0 Å². The molecule has 2 saturated heterocycles. The number of fused-ring (bicyclic) bond motifs is 1. The number of carbonyl (C=O) groups is 2. The number of anilines is 1. The second kappa shape index (κ2) is 6.70. The Labute approximate surface area is 148 Å². The number of ether oxygens (including phenoxy) is 1. The molecule has 4 rings (SSSR count). The summed E-state index contributed by atoms with van der Waals surface area (Å²) in [5.74, 6) is 1.52. The van der Waals surface area contributed by atoms with Crippen LogP contribution in [0.3, 0.4) is 0 Å². The second-order valence-corrected chi connectivity index (χ2v) is 7.59. The van der Waals surface area contributed by atoms with E-state index in [4.69, 9.17) is 4.74 Å². The van der Waals surface area contributed by atoms with Crippen LogP contribution in [0.4, 0.5) is 10.5 Å². The molecular formula is C20H26N2O3. The normalized spacial score (nSPS) is 29.3. The molecule has 134 valence electrons. The molecule has 5 nitrogen and oxygen atoms in total. The monoisotopic (exact) mass is 342 g/mol. The summed E-state index contributed by atoms with van der Waals surface area (Å²) < 4.78 is 4.97. The van der Waals surface area contributed by atoms with Crippen molar-refractivity contribution in [1.82, 2.24) is 4.90 Å². The van der Waals surface area contributed by atoms with Gasteiger partial charge in [0, 0.05) is 23.8 Å². The van der Waals surface area contributed by atoms with Gasteiger partial charge in [-0.15, -0.1) is 0 Å². The van der Waals surface area contributed by atoms with Gasteiger partial charge in [0.15, 0.2) is 0 Å². The summed E-state index contributed by atoms with van der Waals surface area (Å²) in [5, 5.41) is 0. The van der Waals surface area contributed by atoms with Crippen LogP contribution in [0, 0.1) is 11.8 Å². The number of rotatable bonds is 2. The van der Waals surface area contributed by atoms with E-state index < -0.39 is 0 Å². The van der Waals surface area contributed by atoms with Crippen molar-refractivity contribution in [2.45, 2.75) is 45.1 Å². The fourth-order valence-electron chi connectivity index (χ4n) is 4.74. The first-order valence-electron chi connectivity index (χ1n) is 9.50. The van der Waals surface area contributed by atoms with E-state index in [-0.39, 0.29) is 12.0 Å². The fourth-order valence-corrected chi connectivity index (χ4v) is 4.74. The maximum atomic E-state index is 13.1. The number of benzene rings is 1. The number of piperidine rings is 1. The van der Waals surface area contributed by atoms with Gasteiger partial charge < -0.3 is 9.64 Å². The van der Waals surface area contributed by atoms with Gasteiger partial charge >= 0.3 is 6.09 Å². The van der Waals surface area contributed by atoms with Crippen LogP contribution in [0.1, 0.15) is 49.4 Å². The van der Waals surface area contributed by atoms with Crippen LogP contribution in [0.2, 0.25) is 0 Å². The summed E-state index contributed by atoms with van der Waals surface area (Å²) >= 11 is 0. The van der Waals surface area contributed by atoms with Crippen molar-refractivity contribution in [1.29, 1.82) is 0 Å². The minimum atomic E-state index is -0.311. The lowest BCUT2D eigenvalue weighted by molar-refractivity contribution is 0.0218. The zero-order valence-electron chi connectivity index (χ0n) is 14.8. The second-order valence-electron chi connectivity index (χ2n) is 7.59. The zero-order valence-corrected chi connectivity index (χ0v) is 14.8. The number of nitrogens with zero attached hydrogens (tertiary/aromatic N) is 2. The molecule has 1 saturated carbocycles. The third-order valence-electron chi connectivity index (χ3n) is 6.19. The molecular weight excluding hydrogens is 316 g/mol. The Morgan fingerprint density at radius 1 is 1.08 bits per heavy atom. The molecule has 1 aromatic rings. The lowest BCUT2D eigenvalue weighted by atomic mass is 9.72. The highest BCUT2D eigenvalue weighted by molar-refractivity contribution is 5.96. The summed E-state index contributed by atoms with van der Waals surface area (Å²) in [6.45, 7) is 4.20. The SMILES string of the molecule is CC1CCN(C(=O)c2ccc(N3CCOC3=O)cc2)C2CCCCC12. The molecule has 3 aliphatic rings. The van der Waals surface area contributed by atoms with Crippen LogP contribution >= 0.6 is 0 Å². The van der Waals surface area contributed by atoms with Crippen molar-refractivity contribution < 1.29 is 14.3 Å². The van der Waals surface area contributed by atoms with Crippen molar-refractivity contribution in [3.63, 3.8) is 0 Å². The molecule has 3 atom stereocenters. The lowest BCUT2D eigenvalue weighted by Gasteiger charge is -2.47. The number of amides is 2. The van der Waals surface area contributed by atoms with Gasteiger partial charge in [0.25, 0.3) is 5.91 Å². The fraction of sp³-hybridized carbons (Fsp3) is 0.600. The molecule has 1 aromatic carbocycles. The topological polar surface area (TPSA) is 49.9 Å². The van der Waals surface area contributed by atoms with E-state index in [9.17, 15) is 9.59 Å². The minimum Gasteiger partial charge on any atom is -0.447 e. The Bertz CT molecular complexity index is 657.